The number of nitriles is 1. The molecule has 2 aromatic heterocycles. The van der Waals surface area contributed by atoms with Crippen molar-refractivity contribution in [1.82, 2.24) is 9.72 Å². The van der Waals surface area contributed by atoms with Gasteiger partial charge in [0.15, 0.2) is 0 Å². The number of amides is 1. The van der Waals surface area contributed by atoms with Gasteiger partial charge in [0.2, 0.25) is 5.76 Å². The topological polar surface area (TPSA) is 83.8 Å². The molecule has 0 bridgehead atoms. The highest BCUT2D eigenvalue weighted by molar-refractivity contribution is 6.02. The second-order valence-corrected chi connectivity index (χ2v) is 6.00. The minimum Gasteiger partial charge on any atom is -0.351 e. The Bertz CT molecular complexity index is 1150. The summed E-state index contributed by atoms with van der Waals surface area (Å²) in [5, 5.41) is 17.0. The van der Waals surface area contributed by atoms with Crippen molar-refractivity contribution in [3.63, 3.8) is 0 Å². The second-order valence-electron chi connectivity index (χ2n) is 6.00. The summed E-state index contributed by atoms with van der Waals surface area (Å²) in [7, 11) is 0. The van der Waals surface area contributed by atoms with Gasteiger partial charge in [-0.05, 0) is 30.7 Å². The number of nitrogens with one attached hydrogen (secondary N) is 1. The molecule has 0 unspecified atom stereocenters. The summed E-state index contributed by atoms with van der Waals surface area (Å²) >= 11 is 0. The molecule has 0 aliphatic carbocycles. The predicted molar refractivity (Wildman–Crippen MR) is 102 cm³/mol. The quantitative estimate of drug-likeness (QED) is 0.586. The van der Waals surface area contributed by atoms with Crippen LogP contribution in [0.2, 0.25) is 0 Å². The molecule has 27 heavy (non-hydrogen) atoms. The molecule has 2 aromatic carbocycles. The number of carbonyl (C=O) groups is 1. The number of hydrogen-bond acceptors (Lipinski definition) is 4. The average Bonchev–Trinajstić information content (AvgIpc) is 3.34. The van der Waals surface area contributed by atoms with Crippen molar-refractivity contribution < 1.29 is 9.32 Å². The number of benzene rings is 2. The first kappa shape index (κ1) is 16.6. The number of carbonyl (C=O) groups excluding carboxylic acids is 1. The van der Waals surface area contributed by atoms with Gasteiger partial charge < -0.3 is 14.4 Å². The van der Waals surface area contributed by atoms with Gasteiger partial charge in [0.25, 0.3) is 5.91 Å². The number of aromatic nitrogens is 2. The molecule has 0 radical (unpaired) electrons. The van der Waals surface area contributed by atoms with Gasteiger partial charge in [0.1, 0.15) is 6.07 Å². The summed E-state index contributed by atoms with van der Waals surface area (Å²) in [5.41, 5.74) is 4.13. The monoisotopic (exact) mass is 356 g/mol. The lowest BCUT2D eigenvalue weighted by molar-refractivity contribution is 0.0988. The van der Waals surface area contributed by atoms with Crippen LogP contribution in [0.25, 0.3) is 22.2 Å². The first-order valence-electron chi connectivity index (χ1n) is 8.56. The van der Waals surface area contributed by atoms with Gasteiger partial charge in [-0.3, -0.25) is 4.79 Å². The third kappa shape index (κ3) is 2.85. The van der Waals surface area contributed by atoms with E-state index in [1.165, 1.54) is 12.3 Å². The average molecular weight is 356 g/mol. The van der Waals surface area contributed by atoms with Crippen LogP contribution in [0.1, 0.15) is 23.0 Å². The maximum Gasteiger partial charge on any atom is 0.294 e. The third-order valence-electron chi connectivity index (χ3n) is 4.48. The van der Waals surface area contributed by atoms with E-state index in [1.54, 1.807) is 0 Å². The van der Waals surface area contributed by atoms with Crippen molar-refractivity contribution in [2.45, 2.75) is 13.5 Å². The number of hydrogen-bond donors (Lipinski definition) is 1. The van der Waals surface area contributed by atoms with Crippen LogP contribution in [0.5, 0.6) is 0 Å². The van der Waals surface area contributed by atoms with E-state index in [1.807, 2.05) is 48.5 Å². The molecule has 4 rings (SSSR count). The number of fused-ring (bicyclic) bond motifs is 1. The van der Waals surface area contributed by atoms with Crippen LogP contribution in [0.15, 0.2) is 65.3 Å². The zero-order chi connectivity index (χ0) is 18.8. The zero-order valence-electron chi connectivity index (χ0n) is 14.6. The van der Waals surface area contributed by atoms with E-state index in [0.29, 0.717) is 11.3 Å². The van der Waals surface area contributed by atoms with Gasteiger partial charge in [-0.15, -0.1) is 0 Å². The Morgan fingerprint density at radius 3 is 2.63 bits per heavy atom. The number of anilines is 1. The molecule has 6 nitrogen and oxygen atoms in total. The molecule has 4 aromatic rings. The maximum absolute atomic E-state index is 12.1. The molecule has 0 atom stereocenters. The maximum atomic E-state index is 12.1. The van der Waals surface area contributed by atoms with Crippen molar-refractivity contribution in [3.8, 4) is 17.3 Å². The number of para-hydroxylation sites is 1. The molecule has 1 amide bonds. The van der Waals surface area contributed by atoms with Crippen LogP contribution in [0, 0.1) is 11.3 Å². The first-order chi connectivity index (χ1) is 13.2. The van der Waals surface area contributed by atoms with Gasteiger partial charge >= 0.3 is 0 Å². The molecular formula is C21H16N4O2. The van der Waals surface area contributed by atoms with Crippen LogP contribution < -0.4 is 5.32 Å². The van der Waals surface area contributed by atoms with Crippen LogP contribution >= 0.6 is 0 Å². The molecule has 132 valence electrons. The van der Waals surface area contributed by atoms with Crippen molar-refractivity contribution in [1.29, 1.82) is 5.26 Å². The number of rotatable bonds is 4. The fraction of sp³-hybridized carbons (Fsp3) is 0.0952. The summed E-state index contributed by atoms with van der Waals surface area (Å²) in [5.74, 6) is -0.211. The Morgan fingerprint density at radius 1 is 1.19 bits per heavy atom. The van der Waals surface area contributed by atoms with Gasteiger partial charge in [-0.25, -0.2) is 0 Å². The predicted octanol–water partition coefficient (Wildman–Crippen LogP) is 4.44. The smallest absolute Gasteiger partial charge is 0.294 e. The van der Waals surface area contributed by atoms with E-state index < -0.39 is 0 Å². The standard InChI is InChI=1S/C21H16N4O2/c1-2-25-18-6-4-3-5-16(18)17(13-22)20(25)14-7-9-15(10-8-14)24-21(26)19-11-12-23-27-19/h3-12H,2H2,1H3,(H,24,26). The van der Waals surface area contributed by atoms with E-state index in [2.05, 4.69) is 28.0 Å². The van der Waals surface area contributed by atoms with Crippen molar-refractivity contribution >= 4 is 22.5 Å². The van der Waals surface area contributed by atoms with E-state index in [0.717, 1.165) is 28.7 Å². The summed E-state index contributed by atoms with van der Waals surface area (Å²) < 4.78 is 6.99. The van der Waals surface area contributed by atoms with Crippen LogP contribution in [0.3, 0.4) is 0 Å². The van der Waals surface area contributed by atoms with Gasteiger partial charge in [0.05, 0.1) is 17.5 Å². The zero-order valence-corrected chi connectivity index (χ0v) is 14.6. The van der Waals surface area contributed by atoms with Gasteiger partial charge in [-0.2, -0.15) is 5.26 Å². The van der Waals surface area contributed by atoms with E-state index in [4.69, 9.17) is 4.52 Å². The molecule has 0 spiro atoms. The Kier molecular flexibility index (Phi) is 4.19. The molecule has 0 saturated heterocycles. The van der Waals surface area contributed by atoms with Crippen LogP contribution in [0.4, 0.5) is 5.69 Å². The highest BCUT2D eigenvalue weighted by Gasteiger charge is 2.17. The van der Waals surface area contributed by atoms with Crippen molar-refractivity contribution in [2.24, 2.45) is 0 Å². The van der Waals surface area contributed by atoms with Crippen LogP contribution in [-0.2, 0) is 6.54 Å². The molecule has 6 heteroatoms. The molecule has 0 aliphatic rings. The lowest BCUT2D eigenvalue weighted by Crippen LogP contribution is -2.10. The lowest BCUT2D eigenvalue weighted by atomic mass is 10.1. The summed E-state index contributed by atoms with van der Waals surface area (Å²) in [4.78, 5) is 12.1. The molecule has 1 N–H and O–H groups in total. The van der Waals surface area contributed by atoms with E-state index in [9.17, 15) is 10.1 Å². The van der Waals surface area contributed by atoms with Crippen LogP contribution in [-0.4, -0.2) is 15.6 Å². The molecule has 2 heterocycles. The van der Waals surface area contributed by atoms with E-state index in [-0.39, 0.29) is 11.7 Å². The highest BCUT2D eigenvalue weighted by atomic mass is 16.5. The Morgan fingerprint density at radius 2 is 1.96 bits per heavy atom. The largest absolute Gasteiger partial charge is 0.351 e. The Hall–Kier alpha value is -3.85. The summed E-state index contributed by atoms with van der Waals surface area (Å²) in [6, 6.07) is 19.2. The normalized spacial score (nSPS) is 10.7. The fourth-order valence-corrected chi connectivity index (χ4v) is 3.28. The first-order valence-corrected chi connectivity index (χ1v) is 8.56. The number of nitrogens with zero attached hydrogens (tertiary/aromatic N) is 3. The second kappa shape index (κ2) is 6.81. The van der Waals surface area contributed by atoms with Crippen molar-refractivity contribution in [2.75, 3.05) is 5.32 Å². The van der Waals surface area contributed by atoms with E-state index >= 15 is 0 Å². The third-order valence-corrected chi connectivity index (χ3v) is 4.48. The Labute approximate surface area is 155 Å². The van der Waals surface area contributed by atoms with Gasteiger partial charge in [-0.1, -0.05) is 35.5 Å². The molecule has 0 saturated carbocycles. The molecule has 0 aliphatic heterocycles. The highest BCUT2D eigenvalue weighted by Crippen LogP contribution is 2.33. The Balaban J connectivity index is 1.72. The van der Waals surface area contributed by atoms with Gasteiger partial charge in [0, 0.05) is 29.2 Å². The van der Waals surface area contributed by atoms with Crippen molar-refractivity contribution in [3.05, 3.63) is 72.1 Å². The fourth-order valence-electron chi connectivity index (χ4n) is 3.28. The summed E-state index contributed by atoms with van der Waals surface area (Å²) in [6.45, 7) is 2.81. The molecular weight excluding hydrogens is 340 g/mol. The lowest BCUT2D eigenvalue weighted by Gasteiger charge is -2.10. The SMILES string of the molecule is CCn1c(-c2ccc(NC(=O)c3ccno3)cc2)c(C#N)c2ccccc21. The minimum absolute atomic E-state index is 0.150. The molecule has 0 fully saturated rings. The number of aryl methyl sites for hydroxylation is 1. The summed E-state index contributed by atoms with van der Waals surface area (Å²) in [6.07, 6.45) is 1.42. The minimum atomic E-state index is -0.361.